The topological polar surface area (TPSA) is 63.6 Å². The summed E-state index contributed by atoms with van der Waals surface area (Å²) in [6.07, 6.45) is 2.02. The Morgan fingerprint density at radius 3 is 2.89 bits per heavy atom. The van der Waals surface area contributed by atoms with Crippen LogP contribution >= 0.6 is 0 Å². The zero-order valence-electron chi connectivity index (χ0n) is 15.4. The van der Waals surface area contributed by atoms with Crippen LogP contribution in [0.15, 0.2) is 48.7 Å². The molecule has 0 bridgehead atoms. The molecule has 0 aliphatic carbocycles. The summed E-state index contributed by atoms with van der Waals surface area (Å²) in [5.74, 6) is -0.537. The van der Waals surface area contributed by atoms with E-state index in [0.29, 0.717) is 18.7 Å². The van der Waals surface area contributed by atoms with E-state index in [1.807, 2.05) is 37.5 Å². The fraction of sp³-hybridized carbons (Fsp3) is 0.238. The van der Waals surface area contributed by atoms with Crippen LogP contribution in [-0.4, -0.2) is 34.5 Å². The van der Waals surface area contributed by atoms with Crippen molar-refractivity contribution in [3.63, 3.8) is 0 Å². The van der Waals surface area contributed by atoms with Crippen LogP contribution < -0.4 is 5.32 Å². The third kappa shape index (κ3) is 3.14. The summed E-state index contributed by atoms with van der Waals surface area (Å²) < 4.78 is 7.03. The van der Waals surface area contributed by atoms with Crippen LogP contribution in [0.25, 0.3) is 10.9 Å². The lowest BCUT2D eigenvalue weighted by molar-refractivity contribution is -0.143. The molecule has 0 spiro atoms. The number of rotatable bonds is 5. The van der Waals surface area contributed by atoms with Gasteiger partial charge < -0.3 is 19.5 Å². The number of hydrogen-bond donors (Lipinski definition) is 1. The lowest BCUT2D eigenvalue weighted by atomic mass is 10.1. The number of fused-ring (bicyclic) bond motifs is 2. The minimum absolute atomic E-state index is 0.0310. The van der Waals surface area contributed by atoms with Crippen molar-refractivity contribution in [1.82, 2.24) is 9.47 Å². The number of nitrogens with zero attached hydrogens (tertiary/aromatic N) is 2. The van der Waals surface area contributed by atoms with Crippen LogP contribution in [-0.2, 0) is 23.1 Å². The van der Waals surface area contributed by atoms with Crippen LogP contribution in [0.4, 0.5) is 11.4 Å². The van der Waals surface area contributed by atoms with E-state index in [0.717, 1.165) is 27.8 Å². The van der Waals surface area contributed by atoms with Crippen molar-refractivity contribution in [1.29, 1.82) is 0 Å². The molecule has 0 radical (unpaired) electrons. The number of esters is 1. The van der Waals surface area contributed by atoms with Crippen LogP contribution in [0.5, 0.6) is 0 Å². The minimum Gasteiger partial charge on any atom is -0.465 e. The van der Waals surface area contributed by atoms with E-state index in [2.05, 4.69) is 28.1 Å². The van der Waals surface area contributed by atoms with Gasteiger partial charge in [0.25, 0.3) is 5.91 Å². The molecule has 0 saturated heterocycles. The molecule has 1 aromatic heterocycles. The first-order chi connectivity index (χ1) is 13.1. The Kier molecular flexibility index (Phi) is 4.32. The Hall–Kier alpha value is -3.28. The molecule has 4 rings (SSSR count). The zero-order valence-corrected chi connectivity index (χ0v) is 15.4. The number of benzene rings is 2. The Balaban J connectivity index is 1.60. The van der Waals surface area contributed by atoms with Crippen molar-refractivity contribution in [2.45, 2.75) is 13.5 Å². The monoisotopic (exact) mass is 363 g/mol. The smallest absolute Gasteiger partial charge is 0.325 e. The second kappa shape index (κ2) is 6.79. The lowest BCUT2D eigenvalue weighted by Gasteiger charge is -2.14. The normalized spacial score (nSPS) is 13.1. The van der Waals surface area contributed by atoms with Crippen LogP contribution in [0.2, 0.25) is 0 Å². The van der Waals surface area contributed by atoms with Gasteiger partial charge in [-0.3, -0.25) is 9.59 Å². The summed E-state index contributed by atoms with van der Waals surface area (Å²) in [5, 5.41) is 4.49. The number of carbonyl (C=O) groups is 2. The fourth-order valence-electron chi connectivity index (χ4n) is 3.53. The second-order valence-electron chi connectivity index (χ2n) is 6.63. The molecule has 27 heavy (non-hydrogen) atoms. The molecular weight excluding hydrogens is 342 g/mol. The third-order valence-corrected chi connectivity index (χ3v) is 4.80. The minimum atomic E-state index is -0.386. The number of amides is 1. The molecule has 0 fully saturated rings. The number of nitrogens with one attached hydrogen (secondary N) is 1. The van der Waals surface area contributed by atoms with Crippen molar-refractivity contribution in [2.24, 2.45) is 7.05 Å². The van der Waals surface area contributed by atoms with E-state index in [9.17, 15) is 9.59 Å². The molecule has 3 aromatic rings. The Morgan fingerprint density at radius 2 is 2.07 bits per heavy atom. The van der Waals surface area contributed by atoms with Crippen molar-refractivity contribution in [3.05, 3.63) is 59.8 Å². The van der Waals surface area contributed by atoms with Gasteiger partial charge in [0.15, 0.2) is 0 Å². The molecule has 0 atom stereocenters. The van der Waals surface area contributed by atoms with Gasteiger partial charge in [-0.1, -0.05) is 12.1 Å². The number of aryl methyl sites for hydroxylation is 1. The molecule has 0 saturated carbocycles. The maximum atomic E-state index is 12.8. The van der Waals surface area contributed by atoms with E-state index < -0.39 is 0 Å². The first-order valence-corrected chi connectivity index (χ1v) is 8.95. The van der Waals surface area contributed by atoms with Crippen molar-refractivity contribution in [3.8, 4) is 0 Å². The van der Waals surface area contributed by atoms with E-state index in [1.54, 1.807) is 6.92 Å². The summed E-state index contributed by atoms with van der Waals surface area (Å²) in [6, 6.07) is 13.9. The van der Waals surface area contributed by atoms with Crippen LogP contribution in [0, 0.1) is 0 Å². The fourth-order valence-corrected chi connectivity index (χ4v) is 3.53. The standard InChI is InChI=1S/C21H21N3O3/c1-3-27-19(25)13-24-12-15-5-4-6-17(20(15)21(24)26)22-16-7-8-18-14(11-16)9-10-23(18)2/h4-11,22H,3,12-13H2,1-2H3. The average molecular weight is 363 g/mol. The molecule has 0 unspecified atom stereocenters. The third-order valence-electron chi connectivity index (χ3n) is 4.80. The highest BCUT2D eigenvalue weighted by molar-refractivity contribution is 6.05. The van der Waals surface area contributed by atoms with Gasteiger partial charge in [0, 0.05) is 36.4 Å². The maximum Gasteiger partial charge on any atom is 0.325 e. The lowest BCUT2D eigenvalue weighted by Crippen LogP contribution is -2.31. The number of hydrogen-bond acceptors (Lipinski definition) is 4. The summed E-state index contributed by atoms with van der Waals surface area (Å²) in [6.45, 7) is 2.45. The summed E-state index contributed by atoms with van der Waals surface area (Å²) in [7, 11) is 2.01. The number of carbonyl (C=O) groups excluding carboxylic acids is 2. The van der Waals surface area contributed by atoms with Crippen molar-refractivity contribution >= 4 is 34.2 Å². The molecule has 6 nitrogen and oxygen atoms in total. The van der Waals surface area contributed by atoms with Gasteiger partial charge in [-0.25, -0.2) is 0 Å². The second-order valence-corrected chi connectivity index (χ2v) is 6.63. The van der Waals surface area contributed by atoms with Crippen LogP contribution in [0.1, 0.15) is 22.8 Å². The molecule has 6 heteroatoms. The van der Waals surface area contributed by atoms with Gasteiger partial charge in [-0.05, 0) is 42.8 Å². The van der Waals surface area contributed by atoms with E-state index in [-0.39, 0.29) is 18.4 Å². The highest BCUT2D eigenvalue weighted by atomic mass is 16.5. The maximum absolute atomic E-state index is 12.8. The quantitative estimate of drug-likeness (QED) is 0.706. The Labute approximate surface area is 157 Å². The van der Waals surface area contributed by atoms with E-state index >= 15 is 0 Å². The average Bonchev–Trinajstić information content (AvgIpc) is 3.16. The van der Waals surface area contributed by atoms with E-state index in [4.69, 9.17) is 4.74 Å². The summed E-state index contributed by atoms with van der Waals surface area (Å²) in [4.78, 5) is 26.1. The highest BCUT2D eigenvalue weighted by Crippen LogP contribution is 2.32. The largest absolute Gasteiger partial charge is 0.465 e. The molecule has 2 heterocycles. The zero-order chi connectivity index (χ0) is 19.0. The first-order valence-electron chi connectivity index (χ1n) is 8.95. The highest BCUT2D eigenvalue weighted by Gasteiger charge is 2.31. The van der Waals surface area contributed by atoms with Gasteiger partial charge in [-0.2, -0.15) is 0 Å². The van der Waals surface area contributed by atoms with Gasteiger partial charge >= 0.3 is 5.97 Å². The number of ether oxygens (including phenoxy) is 1. The number of aromatic nitrogens is 1. The summed E-state index contributed by atoms with van der Waals surface area (Å²) >= 11 is 0. The SMILES string of the molecule is CCOC(=O)CN1Cc2cccc(Nc3ccc4c(ccn4C)c3)c2C1=O. The molecule has 2 aromatic carbocycles. The van der Waals surface area contributed by atoms with Gasteiger partial charge in [0.1, 0.15) is 6.54 Å². The Morgan fingerprint density at radius 1 is 1.22 bits per heavy atom. The molecule has 1 N–H and O–H groups in total. The molecule has 1 amide bonds. The van der Waals surface area contributed by atoms with Gasteiger partial charge in [-0.15, -0.1) is 0 Å². The first kappa shape index (κ1) is 17.1. The summed E-state index contributed by atoms with van der Waals surface area (Å²) in [5.41, 5.74) is 4.35. The molecule has 1 aliphatic heterocycles. The molecule has 1 aliphatic rings. The predicted octanol–water partition coefficient (Wildman–Crippen LogP) is 3.44. The van der Waals surface area contributed by atoms with Gasteiger partial charge in [0.2, 0.25) is 0 Å². The van der Waals surface area contributed by atoms with Crippen LogP contribution in [0.3, 0.4) is 0 Å². The van der Waals surface area contributed by atoms with Gasteiger partial charge in [0.05, 0.1) is 17.9 Å². The van der Waals surface area contributed by atoms with Crippen molar-refractivity contribution < 1.29 is 14.3 Å². The Bertz CT molecular complexity index is 1040. The predicted molar refractivity (Wildman–Crippen MR) is 104 cm³/mol. The van der Waals surface area contributed by atoms with Crippen molar-refractivity contribution in [2.75, 3.05) is 18.5 Å². The molecule has 138 valence electrons. The van der Waals surface area contributed by atoms with E-state index in [1.165, 1.54) is 4.90 Å². The molecular formula is C21H21N3O3. The number of anilines is 2.